The van der Waals surface area contributed by atoms with Gasteiger partial charge in [-0.15, -0.1) is 0 Å². The molecule has 3 aromatic carbocycles. The van der Waals surface area contributed by atoms with Gasteiger partial charge in [-0.2, -0.15) is 5.26 Å². The van der Waals surface area contributed by atoms with Gasteiger partial charge < -0.3 is 10.1 Å². The van der Waals surface area contributed by atoms with E-state index >= 15 is 0 Å². The Morgan fingerprint density at radius 1 is 1.04 bits per heavy atom. The molecule has 0 aliphatic heterocycles. The molecule has 0 bridgehead atoms. The molecular formula is C20H16N2O2. The molecule has 4 heteroatoms. The monoisotopic (exact) mass is 316 g/mol. The number of anilines is 1. The first kappa shape index (κ1) is 15.6. The molecule has 3 rings (SSSR count). The molecule has 1 amide bonds. The van der Waals surface area contributed by atoms with Crippen LogP contribution < -0.4 is 10.1 Å². The predicted octanol–water partition coefficient (Wildman–Crippen LogP) is 4.12. The molecule has 0 spiro atoms. The van der Waals surface area contributed by atoms with Crippen LogP contribution in [0.3, 0.4) is 0 Å². The van der Waals surface area contributed by atoms with Crippen LogP contribution in [0.1, 0.15) is 12.5 Å². The first-order chi connectivity index (χ1) is 11.7. The van der Waals surface area contributed by atoms with Crippen LogP contribution in [0.2, 0.25) is 0 Å². The number of nitrogens with one attached hydrogen (secondary N) is 1. The van der Waals surface area contributed by atoms with E-state index in [1.165, 1.54) is 0 Å². The second-order valence-corrected chi connectivity index (χ2v) is 5.45. The van der Waals surface area contributed by atoms with Crippen LogP contribution >= 0.6 is 0 Å². The minimum Gasteiger partial charge on any atom is -0.481 e. The van der Waals surface area contributed by atoms with Crippen molar-refractivity contribution in [2.45, 2.75) is 13.0 Å². The third-order valence-corrected chi connectivity index (χ3v) is 3.68. The number of hydrogen-bond donors (Lipinski definition) is 1. The third-order valence-electron chi connectivity index (χ3n) is 3.68. The van der Waals surface area contributed by atoms with Crippen LogP contribution in [-0.2, 0) is 4.79 Å². The van der Waals surface area contributed by atoms with Gasteiger partial charge in [-0.25, -0.2) is 0 Å². The number of ether oxygens (including phenoxy) is 1. The quantitative estimate of drug-likeness (QED) is 0.787. The Morgan fingerprint density at radius 2 is 1.75 bits per heavy atom. The molecule has 24 heavy (non-hydrogen) atoms. The zero-order valence-electron chi connectivity index (χ0n) is 13.2. The van der Waals surface area contributed by atoms with Crippen LogP contribution in [0, 0.1) is 11.3 Å². The predicted molar refractivity (Wildman–Crippen MR) is 93.8 cm³/mol. The Labute approximate surface area is 140 Å². The van der Waals surface area contributed by atoms with Gasteiger partial charge in [0.1, 0.15) is 5.75 Å². The standard InChI is InChI=1S/C20H16N2O2/c1-14(24-19-10-6-15(13-21)7-11-19)20(23)22-18-9-8-16-4-2-3-5-17(16)12-18/h2-12,14H,1H3,(H,22,23)/t14-/m1/s1. The summed E-state index contributed by atoms with van der Waals surface area (Å²) in [4.78, 5) is 12.3. The van der Waals surface area contributed by atoms with Crippen molar-refractivity contribution in [3.63, 3.8) is 0 Å². The van der Waals surface area contributed by atoms with E-state index in [2.05, 4.69) is 5.32 Å². The Kier molecular flexibility index (Phi) is 4.44. The van der Waals surface area contributed by atoms with Crippen LogP contribution in [0.25, 0.3) is 10.8 Å². The molecule has 0 radical (unpaired) electrons. The van der Waals surface area contributed by atoms with Gasteiger partial charge in [0.25, 0.3) is 5.91 Å². The second-order valence-electron chi connectivity index (χ2n) is 5.45. The molecule has 0 saturated carbocycles. The van der Waals surface area contributed by atoms with Crippen LogP contribution in [0.4, 0.5) is 5.69 Å². The van der Waals surface area contributed by atoms with Gasteiger partial charge in [0.05, 0.1) is 11.6 Å². The van der Waals surface area contributed by atoms with Crippen molar-refractivity contribution >= 4 is 22.4 Å². The summed E-state index contributed by atoms with van der Waals surface area (Å²) in [5.74, 6) is 0.324. The summed E-state index contributed by atoms with van der Waals surface area (Å²) in [5.41, 5.74) is 1.28. The number of nitrogens with zero attached hydrogens (tertiary/aromatic N) is 1. The van der Waals surface area contributed by atoms with Gasteiger partial charge >= 0.3 is 0 Å². The smallest absolute Gasteiger partial charge is 0.265 e. The van der Waals surface area contributed by atoms with E-state index in [1.54, 1.807) is 31.2 Å². The highest BCUT2D eigenvalue weighted by atomic mass is 16.5. The third kappa shape index (κ3) is 3.53. The summed E-state index contributed by atoms with van der Waals surface area (Å²) >= 11 is 0. The molecule has 0 aliphatic carbocycles. The van der Waals surface area contributed by atoms with Gasteiger partial charge in [-0.05, 0) is 54.1 Å². The summed E-state index contributed by atoms with van der Waals surface area (Å²) < 4.78 is 5.61. The highest BCUT2D eigenvalue weighted by molar-refractivity contribution is 5.96. The number of carbonyl (C=O) groups excluding carboxylic acids is 1. The average molecular weight is 316 g/mol. The molecule has 0 heterocycles. The first-order valence-electron chi connectivity index (χ1n) is 7.62. The number of amides is 1. The van der Waals surface area contributed by atoms with Gasteiger partial charge in [0.15, 0.2) is 6.10 Å². The Balaban J connectivity index is 1.67. The fraction of sp³-hybridized carbons (Fsp3) is 0.100. The molecule has 0 saturated heterocycles. The fourth-order valence-corrected chi connectivity index (χ4v) is 2.38. The van der Waals surface area contributed by atoms with Gasteiger partial charge in [0.2, 0.25) is 0 Å². The van der Waals surface area contributed by atoms with Crippen molar-refractivity contribution in [2.75, 3.05) is 5.32 Å². The molecule has 1 atom stereocenters. The lowest BCUT2D eigenvalue weighted by Gasteiger charge is -2.15. The maximum atomic E-state index is 12.3. The van der Waals surface area contributed by atoms with Crippen molar-refractivity contribution < 1.29 is 9.53 Å². The van der Waals surface area contributed by atoms with E-state index in [9.17, 15) is 4.79 Å². The van der Waals surface area contributed by atoms with Gasteiger partial charge in [0, 0.05) is 5.69 Å². The van der Waals surface area contributed by atoms with E-state index in [-0.39, 0.29) is 5.91 Å². The number of carbonyl (C=O) groups is 1. The maximum Gasteiger partial charge on any atom is 0.265 e. The van der Waals surface area contributed by atoms with Gasteiger partial charge in [-0.1, -0.05) is 30.3 Å². The molecule has 0 unspecified atom stereocenters. The average Bonchev–Trinajstić information content (AvgIpc) is 2.62. The maximum absolute atomic E-state index is 12.3. The summed E-state index contributed by atoms with van der Waals surface area (Å²) in [6.07, 6.45) is -0.649. The number of hydrogen-bond acceptors (Lipinski definition) is 3. The summed E-state index contributed by atoms with van der Waals surface area (Å²) in [6, 6.07) is 22.5. The summed E-state index contributed by atoms with van der Waals surface area (Å²) in [6.45, 7) is 1.69. The van der Waals surface area contributed by atoms with Crippen LogP contribution in [-0.4, -0.2) is 12.0 Å². The molecule has 0 fully saturated rings. The highest BCUT2D eigenvalue weighted by Gasteiger charge is 2.15. The van der Waals surface area contributed by atoms with Gasteiger partial charge in [-0.3, -0.25) is 4.79 Å². The van der Waals surface area contributed by atoms with E-state index < -0.39 is 6.10 Å². The molecular weight excluding hydrogens is 300 g/mol. The molecule has 0 aromatic heterocycles. The Hall–Kier alpha value is -3.32. The lowest BCUT2D eigenvalue weighted by atomic mass is 10.1. The first-order valence-corrected chi connectivity index (χ1v) is 7.62. The highest BCUT2D eigenvalue weighted by Crippen LogP contribution is 2.19. The SMILES string of the molecule is C[C@@H](Oc1ccc(C#N)cc1)C(=O)Nc1ccc2ccccc2c1. The normalized spacial score (nSPS) is 11.5. The van der Waals surface area contributed by atoms with Crippen molar-refractivity contribution in [1.82, 2.24) is 0 Å². The molecule has 118 valence electrons. The van der Waals surface area contributed by atoms with Crippen molar-refractivity contribution in [3.05, 3.63) is 72.3 Å². The minimum atomic E-state index is -0.649. The number of nitriles is 1. The largest absolute Gasteiger partial charge is 0.481 e. The van der Waals surface area contributed by atoms with E-state index in [0.717, 1.165) is 16.5 Å². The zero-order valence-corrected chi connectivity index (χ0v) is 13.2. The lowest BCUT2D eigenvalue weighted by molar-refractivity contribution is -0.122. The summed E-state index contributed by atoms with van der Waals surface area (Å²) in [7, 11) is 0. The number of rotatable bonds is 4. The van der Waals surface area contributed by atoms with Crippen LogP contribution in [0.15, 0.2) is 66.7 Å². The molecule has 0 aliphatic rings. The van der Waals surface area contributed by atoms with E-state index in [4.69, 9.17) is 10.00 Å². The Bertz CT molecular complexity index is 911. The number of fused-ring (bicyclic) bond motifs is 1. The molecule has 4 nitrogen and oxygen atoms in total. The Morgan fingerprint density at radius 3 is 2.46 bits per heavy atom. The second kappa shape index (κ2) is 6.84. The topological polar surface area (TPSA) is 62.1 Å². The van der Waals surface area contributed by atoms with E-state index in [0.29, 0.717) is 11.3 Å². The zero-order chi connectivity index (χ0) is 16.9. The van der Waals surface area contributed by atoms with Crippen LogP contribution in [0.5, 0.6) is 5.75 Å². The number of benzene rings is 3. The minimum absolute atomic E-state index is 0.227. The molecule has 3 aromatic rings. The molecule has 1 N–H and O–H groups in total. The van der Waals surface area contributed by atoms with Crippen molar-refractivity contribution in [1.29, 1.82) is 5.26 Å². The van der Waals surface area contributed by atoms with Crippen molar-refractivity contribution in [3.8, 4) is 11.8 Å². The van der Waals surface area contributed by atoms with E-state index in [1.807, 2.05) is 48.5 Å². The van der Waals surface area contributed by atoms with Crippen molar-refractivity contribution in [2.24, 2.45) is 0 Å². The summed E-state index contributed by atoms with van der Waals surface area (Å²) in [5, 5.41) is 13.8. The lowest BCUT2D eigenvalue weighted by Crippen LogP contribution is -2.30. The fourth-order valence-electron chi connectivity index (χ4n) is 2.38.